The van der Waals surface area contributed by atoms with Gasteiger partial charge in [0.25, 0.3) is 0 Å². The molecule has 0 bridgehead atoms. The standard InChI is InChI=1S/C11H21N3O2/c1-8(12)11(16)14-5-3-4-10(7-14)6-13-9(2)15/h8,10H,3-7,12H2,1-2H3,(H,13,15). The van der Waals surface area contributed by atoms with E-state index in [-0.39, 0.29) is 11.8 Å². The molecule has 0 spiro atoms. The van der Waals surface area contributed by atoms with Gasteiger partial charge in [-0.15, -0.1) is 0 Å². The Morgan fingerprint density at radius 1 is 1.56 bits per heavy atom. The summed E-state index contributed by atoms with van der Waals surface area (Å²) in [6, 6.07) is -0.431. The fourth-order valence-electron chi connectivity index (χ4n) is 2.01. The lowest BCUT2D eigenvalue weighted by molar-refractivity contribution is -0.133. The molecule has 1 fully saturated rings. The molecule has 1 heterocycles. The van der Waals surface area contributed by atoms with Crippen molar-refractivity contribution in [1.82, 2.24) is 10.2 Å². The number of rotatable bonds is 3. The normalized spacial score (nSPS) is 22.7. The van der Waals surface area contributed by atoms with Crippen molar-refractivity contribution in [3.8, 4) is 0 Å². The number of piperidine rings is 1. The molecule has 0 aromatic heterocycles. The van der Waals surface area contributed by atoms with Crippen LogP contribution in [0.2, 0.25) is 0 Å². The lowest BCUT2D eigenvalue weighted by Gasteiger charge is -2.33. The maximum atomic E-state index is 11.7. The first-order valence-corrected chi connectivity index (χ1v) is 5.79. The number of nitrogens with two attached hydrogens (primary N) is 1. The zero-order valence-electron chi connectivity index (χ0n) is 10.0. The van der Waals surface area contributed by atoms with Crippen molar-refractivity contribution in [3.05, 3.63) is 0 Å². The Kier molecular flexibility index (Phi) is 4.73. The van der Waals surface area contributed by atoms with Gasteiger partial charge in [0.2, 0.25) is 11.8 Å². The molecule has 0 saturated carbocycles. The van der Waals surface area contributed by atoms with Gasteiger partial charge in [0.15, 0.2) is 0 Å². The predicted octanol–water partition coefficient (Wildman–Crippen LogP) is -0.292. The highest BCUT2D eigenvalue weighted by Crippen LogP contribution is 2.16. The minimum Gasteiger partial charge on any atom is -0.356 e. The highest BCUT2D eigenvalue weighted by atomic mass is 16.2. The van der Waals surface area contributed by atoms with Gasteiger partial charge in [-0.3, -0.25) is 9.59 Å². The minimum atomic E-state index is -0.431. The summed E-state index contributed by atoms with van der Waals surface area (Å²) in [6.07, 6.45) is 2.05. The van der Waals surface area contributed by atoms with E-state index in [0.29, 0.717) is 19.0 Å². The molecular formula is C11H21N3O2. The zero-order chi connectivity index (χ0) is 12.1. The second-order valence-corrected chi connectivity index (χ2v) is 4.52. The summed E-state index contributed by atoms with van der Waals surface area (Å²) in [6.45, 7) is 5.36. The summed E-state index contributed by atoms with van der Waals surface area (Å²) in [4.78, 5) is 24.3. The van der Waals surface area contributed by atoms with E-state index in [9.17, 15) is 9.59 Å². The van der Waals surface area contributed by atoms with Gasteiger partial charge in [-0.25, -0.2) is 0 Å². The van der Waals surface area contributed by atoms with Crippen LogP contribution in [-0.4, -0.2) is 42.4 Å². The monoisotopic (exact) mass is 227 g/mol. The van der Waals surface area contributed by atoms with E-state index in [1.807, 2.05) is 0 Å². The van der Waals surface area contributed by atoms with E-state index in [4.69, 9.17) is 5.73 Å². The SMILES string of the molecule is CC(=O)NCC1CCCN(C(=O)C(C)N)C1. The Morgan fingerprint density at radius 2 is 2.25 bits per heavy atom. The van der Waals surface area contributed by atoms with E-state index in [0.717, 1.165) is 19.4 Å². The van der Waals surface area contributed by atoms with Crippen LogP contribution >= 0.6 is 0 Å². The first kappa shape index (κ1) is 13.0. The molecule has 0 radical (unpaired) electrons. The minimum absolute atomic E-state index is 0.00697. The molecule has 1 saturated heterocycles. The van der Waals surface area contributed by atoms with Crippen molar-refractivity contribution in [3.63, 3.8) is 0 Å². The van der Waals surface area contributed by atoms with Gasteiger partial charge in [0.05, 0.1) is 6.04 Å². The number of likely N-dealkylation sites (tertiary alicyclic amines) is 1. The zero-order valence-corrected chi connectivity index (χ0v) is 10.0. The van der Waals surface area contributed by atoms with Gasteiger partial charge in [-0.05, 0) is 25.7 Å². The number of amides is 2. The van der Waals surface area contributed by atoms with Crippen LogP contribution in [0, 0.1) is 5.92 Å². The predicted molar refractivity (Wildman–Crippen MR) is 61.6 cm³/mol. The van der Waals surface area contributed by atoms with Crippen LogP contribution in [0.5, 0.6) is 0 Å². The van der Waals surface area contributed by atoms with E-state index in [1.165, 1.54) is 6.92 Å². The van der Waals surface area contributed by atoms with Gasteiger partial charge in [-0.1, -0.05) is 0 Å². The number of carbonyl (C=O) groups is 2. The fraction of sp³-hybridized carbons (Fsp3) is 0.818. The molecule has 0 aliphatic carbocycles. The number of nitrogens with zero attached hydrogens (tertiary/aromatic N) is 1. The largest absolute Gasteiger partial charge is 0.356 e. The highest BCUT2D eigenvalue weighted by molar-refractivity contribution is 5.81. The molecule has 16 heavy (non-hydrogen) atoms. The molecule has 2 amide bonds. The summed E-state index contributed by atoms with van der Waals surface area (Å²) >= 11 is 0. The van der Waals surface area contributed by atoms with Crippen LogP contribution < -0.4 is 11.1 Å². The summed E-state index contributed by atoms with van der Waals surface area (Å²) in [5.74, 6) is 0.350. The third-order valence-electron chi connectivity index (χ3n) is 2.86. The van der Waals surface area contributed by atoms with Crippen molar-refractivity contribution in [2.24, 2.45) is 11.7 Å². The first-order chi connectivity index (χ1) is 7.50. The average Bonchev–Trinajstić information content (AvgIpc) is 2.25. The Bertz CT molecular complexity index is 266. The van der Waals surface area contributed by atoms with Crippen LogP contribution in [0.4, 0.5) is 0 Å². The van der Waals surface area contributed by atoms with Crippen LogP contribution in [0.3, 0.4) is 0 Å². The first-order valence-electron chi connectivity index (χ1n) is 5.79. The van der Waals surface area contributed by atoms with Gasteiger partial charge in [0.1, 0.15) is 0 Å². The summed E-state index contributed by atoms with van der Waals surface area (Å²) < 4.78 is 0. The maximum Gasteiger partial charge on any atom is 0.239 e. The molecule has 1 rings (SSSR count). The van der Waals surface area contributed by atoms with Gasteiger partial charge in [-0.2, -0.15) is 0 Å². The summed E-state index contributed by atoms with van der Waals surface area (Å²) in [7, 11) is 0. The van der Waals surface area contributed by atoms with Crippen LogP contribution in [0.25, 0.3) is 0 Å². The van der Waals surface area contributed by atoms with Crippen LogP contribution in [-0.2, 0) is 9.59 Å². The average molecular weight is 227 g/mol. The van der Waals surface area contributed by atoms with Crippen LogP contribution in [0.1, 0.15) is 26.7 Å². The number of carbonyl (C=O) groups excluding carboxylic acids is 2. The molecule has 2 unspecified atom stereocenters. The maximum absolute atomic E-state index is 11.7. The molecule has 0 aromatic rings. The molecule has 3 N–H and O–H groups in total. The van der Waals surface area contributed by atoms with E-state index >= 15 is 0 Å². The smallest absolute Gasteiger partial charge is 0.239 e. The summed E-state index contributed by atoms with van der Waals surface area (Å²) in [5.41, 5.74) is 5.57. The van der Waals surface area contributed by atoms with Crippen molar-refractivity contribution >= 4 is 11.8 Å². The molecule has 5 nitrogen and oxygen atoms in total. The van der Waals surface area contributed by atoms with Gasteiger partial charge >= 0.3 is 0 Å². The van der Waals surface area contributed by atoms with Crippen molar-refractivity contribution in [1.29, 1.82) is 0 Å². The van der Waals surface area contributed by atoms with Gasteiger partial charge in [0, 0.05) is 26.6 Å². The third kappa shape index (κ3) is 3.81. The molecule has 1 aliphatic rings. The van der Waals surface area contributed by atoms with E-state index in [2.05, 4.69) is 5.32 Å². The Hall–Kier alpha value is -1.10. The van der Waals surface area contributed by atoms with Crippen molar-refractivity contribution < 1.29 is 9.59 Å². The second-order valence-electron chi connectivity index (χ2n) is 4.52. The topological polar surface area (TPSA) is 75.4 Å². The van der Waals surface area contributed by atoms with E-state index < -0.39 is 6.04 Å². The lowest BCUT2D eigenvalue weighted by Crippen LogP contribution is -2.48. The Balaban J connectivity index is 2.41. The number of hydrogen-bond donors (Lipinski definition) is 2. The molecule has 1 aliphatic heterocycles. The quantitative estimate of drug-likeness (QED) is 0.695. The van der Waals surface area contributed by atoms with Crippen LogP contribution in [0.15, 0.2) is 0 Å². The fourth-order valence-corrected chi connectivity index (χ4v) is 2.01. The molecule has 0 aromatic carbocycles. The molecule has 5 heteroatoms. The molecule has 2 atom stereocenters. The van der Waals surface area contributed by atoms with E-state index in [1.54, 1.807) is 11.8 Å². The Labute approximate surface area is 96.4 Å². The number of hydrogen-bond acceptors (Lipinski definition) is 3. The molecular weight excluding hydrogens is 206 g/mol. The second kappa shape index (κ2) is 5.84. The lowest BCUT2D eigenvalue weighted by atomic mass is 9.97. The molecule has 92 valence electrons. The third-order valence-corrected chi connectivity index (χ3v) is 2.86. The van der Waals surface area contributed by atoms with Gasteiger partial charge < -0.3 is 16.0 Å². The van der Waals surface area contributed by atoms with Crippen molar-refractivity contribution in [2.75, 3.05) is 19.6 Å². The van der Waals surface area contributed by atoms with Crippen molar-refractivity contribution in [2.45, 2.75) is 32.7 Å². The Morgan fingerprint density at radius 3 is 2.81 bits per heavy atom. The summed E-state index contributed by atoms with van der Waals surface area (Å²) in [5, 5.41) is 2.80. The highest BCUT2D eigenvalue weighted by Gasteiger charge is 2.25. The number of nitrogens with one attached hydrogen (secondary N) is 1.